The maximum Gasteiger partial charge on any atom is 0.141 e. The molecule has 2 nitrogen and oxygen atoms in total. The molecule has 0 aromatic carbocycles. The molecule has 19 heavy (non-hydrogen) atoms. The van der Waals surface area contributed by atoms with Gasteiger partial charge in [-0.2, -0.15) is 12.6 Å². The van der Waals surface area contributed by atoms with Gasteiger partial charge in [0.15, 0.2) is 0 Å². The first kappa shape index (κ1) is 11.4. The zero-order valence-electron chi connectivity index (χ0n) is 11.0. The van der Waals surface area contributed by atoms with Gasteiger partial charge in [-0.3, -0.25) is 9.59 Å². The van der Waals surface area contributed by atoms with Crippen LogP contribution in [-0.4, -0.2) is 16.8 Å². The van der Waals surface area contributed by atoms with Crippen molar-refractivity contribution in [2.24, 2.45) is 47.3 Å². The number of hydrogen-bond acceptors (Lipinski definition) is 3. The van der Waals surface area contributed by atoms with Crippen molar-refractivity contribution in [3.8, 4) is 0 Å². The molecule has 0 spiro atoms. The summed E-state index contributed by atoms with van der Waals surface area (Å²) in [6.07, 6.45) is 5.72. The molecular weight excluding hydrogens is 256 g/mol. The van der Waals surface area contributed by atoms with Gasteiger partial charge in [0.05, 0.1) is 0 Å². The first-order valence-corrected chi connectivity index (χ1v) is 8.44. The number of thiol groups is 1. The summed E-state index contributed by atoms with van der Waals surface area (Å²) in [5.41, 5.74) is 0. The molecule has 9 unspecified atom stereocenters. The van der Waals surface area contributed by atoms with Crippen LogP contribution >= 0.6 is 12.6 Å². The van der Waals surface area contributed by atoms with E-state index in [4.69, 9.17) is 0 Å². The second kappa shape index (κ2) is 3.47. The number of ketones is 2. The van der Waals surface area contributed by atoms with Gasteiger partial charge in [-0.1, -0.05) is 0 Å². The van der Waals surface area contributed by atoms with Gasteiger partial charge in [-0.05, 0) is 55.8 Å². The molecule has 4 bridgehead atoms. The van der Waals surface area contributed by atoms with E-state index in [0.29, 0.717) is 40.5 Å². The second-order valence-corrected chi connectivity index (χ2v) is 8.37. The molecule has 5 rings (SSSR count). The first-order valence-electron chi connectivity index (χ1n) is 7.92. The van der Waals surface area contributed by atoms with Crippen LogP contribution in [0, 0.1) is 47.3 Å². The van der Waals surface area contributed by atoms with E-state index in [1.165, 1.54) is 12.8 Å². The number of carbonyl (C=O) groups excluding carboxylic acids is 2. The zero-order chi connectivity index (χ0) is 12.9. The van der Waals surface area contributed by atoms with Crippen molar-refractivity contribution >= 4 is 24.2 Å². The lowest BCUT2D eigenvalue weighted by molar-refractivity contribution is -0.151. The largest absolute Gasteiger partial charge is 0.299 e. The minimum atomic E-state index is 0.0642. The highest BCUT2D eigenvalue weighted by Gasteiger charge is 2.66. The van der Waals surface area contributed by atoms with Crippen LogP contribution in [0.3, 0.4) is 0 Å². The maximum absolute atomic E-state index is 13.0. The molecule has 102 valence electrons. The van der Waals surface area contributed by atoms with E-state index >= 15 is 0 Å². The third-order valence-corrected chi connectivity index (χ3v) is 7.79. The summed E-state index contributed by atoms with van der Waals surface area (Å²) >= 11 is 4.67. The van der Waals surface area contributed by atoms with E-state index in [0.717, 1.165) is 19.3 Å². The van der Waals surface area contributed by atoms with Gasteiger partial charge >= 0.3 is 0 Å². The highest BCUT2D eigenvalue weighted by Crippen LogP contribution is 2.64. The quantitative estimate of drug-likeness (QED) is 0.689. The molecule has 5 saturated carbocycles. The summed E-state index contributed by atoms with van der Waals surface area (Å²) in [7, 11) is 0. The lowest BCUT2D eigenvalue weighted by Gasteiger charge is -2.44. The highest BCUT2D eigenvalue weighted by atomic mass is 32.1. The maximum atomic E-state index is 13.0. The fourth-order valence-corrected chi connectivity index (χ4v) is 7.26. The summed E-state index contributed by atoms with van der Waals surface area (Å²) in [5.74, 6) is 3.38. The lowest BCUT2D eigenvalue weighted by Crippen LogP contribution is -2.52. The molecule has 3 heteroatoms. The molecule has 0 radical (unpaired) electrons. The molecule has 5 fully saturated rings. The molecule has 0 heterocycles. The van der Waals surface area contributed by atoms with Crippen molar-refractivity contribution in [2.45, 2.75) is 37.4 Å². The van der Waals surface area contributed by atoms with Crippen molar-refractivity contribution in [3.63, 3.8) is 0 Å². The summed E-state index contributed by atoms with van der Waals surface area (Å²) in [5, 5.41) is 0.373. The molecule has 0 aliphatic heterocycles. The third kappa shape index (κ3) is 1.18. The topological polar surface area (TPSA) is 34.1 Å². The van der Waals surface area contributed by atoms with Crippen molar-refractivity contribution in [1.29, 1.82) is 0 Å². The summed E-state index contributed by atoms with van der Waals surface area (Å²) in [6.45, 7) is 0. The molecule has 0 aromatic heterocycles. The Balaban J connectivity index is 1.59. The monoisotopic (exact) mass is 276 g/mol. The molecule has 0 saturated heterocycles. The van der Waals surface area contributed by atoms with Crippen LogP contribution in [0.5, 0.6) is 0 Å². The van der Waals surface area contributed by atoms with Crippen LogP contribution < -0.4 is 0 Å². The Morgan fingerprint density at radius 2 is 1.32 bits per heavy atom. The van der Waals surface area contributed by atoms with Crippen LogP contribution in [0.15, 0.2) is 0 Å². The molecule has 5 aliphatic carbocycles. The van der Waals surface area contributed by atoms with Crippen LogP contribution in [0.4, 0.5) is 0 Å². The Hall–Kier alpha value is -0.310. The highest BCUT2D eigenvalue weighted by molar-refractivity contribution is 7.81. The summed E-state index contributed by atoms with van der Waals surface area (Å²) < 4.78 is 0. The minimum Gasteiger partial charge on any atom is -0.299 e. The first-order chi connectivity index (χ1) is 9.16. The smallest absolute Gasteiger partial charge is 0.141 e. The SMILES string of the molecule is O=C1C2C3CCC(C3)C2C(=O)C2C3CC(CC3S)C12. The van der Waals surface area contributed by atoms with E-state index in [1.807, 2.05) is 0 Å². The Bertz CT molecular complexity index is 487. The normalized spacial score (nSPS) is 61.6. The van der Waals surface area contributed by atoms with E-state index in [1.54, 1.807) is 0 Å². The lowest BCUT2D eigenvalue weighted by atomic mass is 9.58. The number of rotatable bonds is 0. The average molecular weight is 276 g/mol. The molecule has 5 aliphatic rings. The molecule has 0 amide bonds. The zero-order valence-corrected chi connectivity index (χ0v) is 11.9. The van der Waals surface area contributed by atoms with Crippen LogP contribution in [0.1, 0.15) is 32.1 Å². The van der Waals surface area contributed by atoms with Gasteiger partial charge in [0.1, 0.15) is 11.6 Å². The van der Waals surface area contributed by atoms with Crippen molar-refractivity contribution in [2.75, 3.05) is 0 Å². The number of Topliss-reactive ketones (excluding diaryl/α,β-unsaturated/α-hetero) is 2. The predicted octanol–water partition coefficient (Wildman–Crippen LogP) is 2.37. The fourth-order valence-electron chi connectivity index (χ4n) is 6.68. The standard InChI is InChI=1S/C16H20O2S/c17-15-11-6-1-2-7(3-6)12(11)16(18)14-9-4-8(13(14)15)5-10(9)19/h6-14,19H,1-5H2. The molecule has 0 N–H and O–H groups in total. The Labute approximate surface area is 119 Å². The summed E-state index contributed by atoms with van der Waals surface area (Å²) in [4.78, 5) is 25.9. The Morgan fingerprint density at radius 3 is 2.00 bits per heavy atom. The Kier molecular flexibility index (Phi) is 2.07. The summed E-state index contributed by atoms with van der Waals surface area (Å²) in [6, 6.07) is 0. The van der Waals surface area contributed by atoms with Gasteiger partial charge in [0.25, 0.3) is 0 Å². The predicted molar refractivity (Wildman–Crippen MR) is 73.8 cm³/mol. The van der Waals surface area contributed by atoms with Gasteiger partial charge in [0.2, 0.25) is 0 Å². The third-order valence-electron chi connectivity index (χ3n) is 7.20. The minimum absolute atomic E-state index is 0.0642. The average Bonchev–Trinajstić information content (AvgIpc) is 3.11. The molecular formula is C16H20O2S. The van der Waals surface area contributed by atoms with E-state index in [9.17, 15) is 9.59 Å². The van der Waals surface area contributed by atoms with Crippen LogP contribution in [-0.2, 0) is 9.59 Å². The fraction of sp³-hybridized carbons (Fsp3) is 0.875. The van der Waals surface area contributed by atoms with Gasteiger partial charge < -0.3 is 0 Å². The van der Waals surface area contributed by atoms with E-state index in [-0.39, 0.29) is 23.7 Å². The molecule has 9 atom stereocenters. The molecule has 0 aromatic rings. The van der Waals surface area contributed by atoms with Crippen LogP contribution in [0.2, 0.25) is 0 Å². The van der Waals surface area contributed by atoms with E-state index < -0.39 is 0 Å². The van der Waals surface area contributed by atoms with Crippen molar-refractivity contribution in [3.05, 3.63) is 0 Å². The van der Waals surface area contributed by atoms with Crippen molar-refractivity contribution < 1.29 is 9.59 Å². The van der Waals surface area contributed by atoms with Gasteiger partial charge in [-0.15, -0.1) is 0 Å². The van der Waals surface area contributed by atoms with E-state index in [2.05, 4.69) is 12.6 Å². The Morgan fingerprint density at radius 1 is 0.737 bits per heavy atom. The number of fused-ring (bicyclic) bond motifs is 10. The number of hydrogen-bond donors (Lipinski definition) is 1. The van der Waals surface area contributed by atoms with Crippen LogP contribution in [0.25, 0.3) is 0 Å². The van der Waals surface area contributed by atoms with Gasteiger partial charge in [-0.25, -0.2) is 0 Å². The number of carbonyl (C=O) groups is 2. The second-order valence-electron chi connectivity index (χ2n) is 7.70. The van der Waals surface area contributed by atoms with Gasteiger partial charge in [0, 0.05) is 28.9 Å². The van der Waals surface area contributed by atoms with Crippen molar-refractivity contribution in [1.82, 2.24) is 0 Å².